The van der Waals surface area contributed by atoms with E-state index in [4.69, 9.17) is 5.73 Å². The monoisotopic (exact) mass is 232 g/mol. The summed E-state index contributed by atoms with van der Waals surface area (Å²) in [5.74, 6) is 0.746. The zero-order valence-corrected chi connectivity index (χ0v) is 11.0. The molecule has 1 atom stereocenters. The topological polar surface area (TPSA) is 29.3 Å². The number of likely N-dealkylation sites (tertiary alicyclic amines) is 1. The highest BCUT2D eigenvalue weighted by Crippen LogP contribution is 2.37. The van der Waals surface area contributed by atoms with Crippen molar-refractivity contribution in [2.45, 2.75) is 38.8 Å². The Balaban J connectivity index is 2.03. The van der Waals surface area contributed by atoms with E-state index in [1.54, 1.807) is 0 Å². The molecule has 1 saturated heterocycles. The lowest BCUT2D eigenvalue weighted by molar-refractivity contribution is 0.127. The molecule has 94 valence electrons. The summed E-state index contributed by atoms with van der Waals surface area (Å²) in [6.45, 7) is 7.81. The lowest BCUT2D eigenvalue weighted by Gasteiger charge is -2.36. The predicted octanol–water partition coefficient (Wildman–Crippen LogP) is 2.64. The van der Waals surface area contributed by atoms with E-state index in [0.29, 0.717) is 0 Å². The molecule has 0 radical (unpaired) electrons. The minimum Gasteiger partial charge on any atom is -0.330 e. The zero-order chi connectivity index (χ0) is 12.3. The first-order valence-corrected chi connectivity index (χ1v) is 6.63. The lowest BCUT2D eigenvalue weighted by Crippen LogP contribution is -2.42. The molecule has 1 aliphatic heterocycles. The number of hydrogen-bond acceptors (Lipinski definition) is 2. The van der Waals surface area contributed by atoms with Gasteiger partial charge in [0.15, 0.2) is 0 Å². The summed E-state index contributed by atoms with van der Waals surface area (Å²) < 4.78 is 0. The van der Waals surface area contributed by atoms with Gasteiger partial charge in [0.05, 0.1) is 0 Å². The van der Waals surface area contributed by atoms with Gasteiger partial charge in [0.2, 0.25) is 0 Å². The Morgan fingerprint density at radius 3 is 2.65 bits per heavy atom. The van der Waals surface area contributed by atoms with Crippen LogP contribution in [-0.4, -0.2) is 23.5 Å². The lowest BCUT2D eigenvalue weighted by atomic mass is 9.86. The fraction of sp³-hybridized carbons (Fsp3) is 0.600. The smallest absolute Gasteiger partial charge is 0.0239 e. The molecule has 1 aromatic rings. The van der Waals surface area contributed by atoms with Crippen LogP contribution in [0.3, 0.4) is 0 Å². The first kappa shape index (κ1) is 12.6. The molecule has 1 aliphatic rings. The molecular weight excluding hydrogens is 208 g/mol. The van der Waals surface area contributed by atoms with Crippen LogP contribution in [0.25, 0.3) is 0 Å². The van der Waals surface area contributed by atoms with Crippen molar-refractivity contribution in [2.24, 2.45) is 11.7 Å². The van der Waals surface area contributed by atoms with Gasteiger partial charge in [-0.05, 0) is 51.3 Å². The molecule has 0 spiro atoms. The molecular formula is C15H24N2. The van der Waals surface area contributed by atoms with Crippen LogP contribution in [0.15, 0.2) is 30.3 Å². The third-order valence-corrected chi connectivity index (χ3v) is 4.29. The van der Waals surface area contributed by atoms with Crippen molar-refractivity contribution in [1.29, 1.82) is 0 Å². The van der Waals surface area contributed by atoms with Crippen LogP contribution in [0.1, 0.15) is 32.3 Å². The van der Waals surface area contributed by atoms with Crippen LogP contribution in [-0.2, 0) is 6.54 Å². The number of nitrogens with zero attached hydrogens (tertiary/aromatic N) is 1. The average molecular weight is 232 g/mol. The molecule has 17 heavy (non-hydrogen) atoms. The second-order valence-corrected chi connectivity index (χ2v) is 5.62. The number of rotatable bonds is 4. The van der Waals surface area contributed by atoms with Gasteiger partial charge in [-0.15, -0.1) is 0 Å². The van der Waals surface area contributed by atoms with E-state index in [1.165, 1.54) is 18.5 Å². The largest absolute Gasteiger partial charge is 0.330 e. The Hall–Kier alpha value is -0.860. The second-order valence-electron chi connectivity index (χ2n) is 5.62. The number of nitrogens with two attached hydrogens (primary N) is 1. The SMILES string of the molecule is CC1(C)C(CCN)CCN1Cc1ccccc1. The molecule has 1 fully saturated rings. The molecule has 0 aliphatic carbocycles. The van der Waals surface area contributed by atoms with Crippen molar-refractivity contribution in [3.63, 3.8) is 0 Å². The van der Waals surface area contributed by atoms with E-state index in [9.17, 15) is 0 Å². The third kappa shape index (κ3) is 2.70. The molecule has 2 nitrogen and oxygen atoms in total. The van der Waals surface area contributed by atoms with E-state index >= 15 is 0 Å². The van der Waals surface area contributed by atoms with Crippen molar-refractivity contribution in [1.82, 2.24) is 4.90 Å². The molecule has 2 heteroatoms. The first-order valence-electron chi connectivity index (χ1n) is 6.63. The summed E-state index contributed by atoms with van der Waals surface area (Å²) in [5, 5.41) is 0. The molecule has 2 rings (SSSR count). The van der Waals surface area contributed by atoms with E-state index in [-0.39, 0.29) is 5.54 Å². The molecule has 0 aromatic heterocycles. The van der Waals surface area contributed by atoms with E-state index in [1.807, 2.05) is 0 Å². The minimum atomic E-state index is 0.287. The van der Waals surface area contributed by atoms with Crippen molar-refractivity contribution >= 4 is 0 Å². The molecule has 1 unspecified atom stereocenters. The van der Waals surface area contributed by atoms with Gasteiger partial charge in [0.25, 0.3) is 0 Å². The van der Waals surface area contributed by atoms with Gasteiger partial charge in [-0.1, -0.05) is 30.3 Å². The molecule has 0 saturated carbocycles. The van der Waals surface area contributed by atoms with E-state index in [0.717, 1.165) is 25.4 Å². The van der Waals surface area contributed by atoms with Gasteiger partial charge in [-0.25, -0.2) is 0 Å². The highest BCUT2D eigenvalue weighted by atomic mass is 15.2. The number of hydrogen-bond donors (Lipinski definition) is 1. The standard InChI is InChI=1S/C15H24N2/c1-15(2)14(8-10-16)9-11-17(15)12-13-6-4-3-5-7-13/h3-7,14H,8-12,16H2,1-2H3. The van der Waals surface area contributed by atoms with Gasteiger partial charge < -0.3 is 5.73 Å². The summed E-state index contributed by atoms with van der Waals surface area (Å²) in [7, 11) is 0. The Bertz CT molecular complexity index is 345. The summed E-state index contributed by atoms with van der Waals surface area (Å²) in [6, 6.07) is 10.8. The highest BCUT2D eigenvalue weighted by molar-refractivity contribution is 5.15. The van der Waals surface area contributed by atoms with Crippen LogP contribution < -0.4 is 5.73 Å². The number of benzene rings is 1. The van der Waals surface area contributed by atoms with E-state index < -0.39 is 0 Å². The highest BCUT2D eigenvalue weighted by Gasteiger charge is 2.40. The maximum Gasteiger partial charge on any atom is 0.0239 e. The average Bonchev–Trinajstić information content (AvgIpc) is 2.58. The third-order valence-electron chi connectivity index (χ3n) is 4.29. The van der Waals surface area contributed by atoms with Gasteiger partial charge >= 0.3 is 0 Å². The molecule has 2 N–H and O–H groups in total. The van der Waals surface area contributed by atoms with Crippen LogP contribution in [0, 0.1) is 5.92 Å². The zero-order valence-electron chi connectivity index (χ0n) is 11.0. The van der Waals surface area contributed by atoms with Crippen LogP contribution in [0.4, 0.5) is 0 Å². The Labute approximate surface area is 105 Å². The van der Waals surface area contributed by atoms with Crippen LogP contribution >= 0.6 is 0 Å². The Morgan fingerprint density at radius 2 is 2.00 bits per heavy atom. The Kier molecular flexibility index (Phi) is 3.85. The molecule has 0 amide bonds. The van der Waals surface area contributed by atoms with Crippen molar-refractivity contribution in [3.8, 4) is 0 Å². The molecule has 0 bridgehead atoms. The molecule has 1 aromatic carbocycles. The summed E-state index contributed by atoms with van der Waals surface area (Å²) in [4.78, 5) is 2.60. The van der Waals surface area contributed by atoms with E-state index in [2.05, 4.69) is 49.1 Å². The van der Waals surface area contributed by atoms with Crippen molar-refractivity contribution < 1.29 is 0 Å². The fourth-order valence-electron chi connectivity index (χ4n) is 3.00. The predicted molar refractivity (Wildman–Crippen MR) is 72.7 cm³/mol. The molecule has 1 heterocycles. The maximum atomic E-state index is 5.71. The quantitative estimate of drug-likeness (QED) is 0.864. The van der Waals surface area contributed by atoms with Gasteiger partial charge in [-0.3, -0.25) is 4.90 Å². The summed E-state index contributed by atoms with van der Waals surface area (Å²) in [5.41, 5.74) is 7.41. The van der Waals surface area contributed by atoms with Crippen LogP contribution in [0.2, 0.25) is 0 Å². The summed E-state index contributed by atoms with van der Waals surface area (Å²) >= 11 is 0. The van der Waals surface area contributed by atoms with Gasteiger partial charge in [0, 0.05) is 12.1 Å². The Morgan fingerprint density at radius 1 is 1.29 bits per heavy atom. The van der Waals surface area contributed by atoms with Crippen molar-refractivity contribution in [2.75, 3.05) is 13.1 Å². The minimum absolute atomic E-state index is 0.287. The summed E-state index contributed by atoms with van der Waals surface area (Å²) in [6.07, 6.45) is 2.44. The van der Waals surface area contributed by atoms with Crippen molar-refractivity contribution in [3.05, 3.63) is 35.9 Å². The first-order chi connectivity index (χ1) is 8.14. The normalized spacial score (nSPS) is 24.1. The second kappa shape index (κ2) is 5.19. The fourth-order valence-corrected chi connectivity index (χ4v) is 3.00. The maximum absolute atomic E-state index is 5.71. The van der Waals surface area contributed by atoms with Gasteiger partial charge in [0.1, 0.15) is 0 Å². The van der Waals surface area contributed by atoms with Crippen LogP contribution in [0.5, 0.6) is 0 Å². The van der Waals surface area contributed by atoms with Gasteiger partial charge in [-0.2, -0.15) is 0 Å².